The normalized spacial score (nSPS) is 17.0. The molecule has 1 fully saturated rings. The summed E-state index contributed by atoms with van der Waals surface area (Å²) in [5, 5.41) is 4.20. The molecule has 2 amide bonds. The van der Waals surface area contributed by atoms with Crippen LogP contribution < -0.4 is 11.1 Å². The predicted octanol–water partition coefficient (Wildman–Crippen LogP) is 3.87. The van der Waals surface area contributed by atoms with E-state index in [1.807, 2.05) is 11.0 Å². The molecule has 1 saturated heterocycles. The molecule has 3 aromatic rings. The van der Waals surface area contributed by atoms with Crippen molar-refractivity contribution in [3.05, 3.63) is 58.0 Å². The number of likely N-dealkylation sites (tertiary alicyclic amines) is 1. The minimum Gasteiger partial charge on any atom is -0.369 e. The maximum absolute atomic E-state index is 13.5. The van der Waals surface area contributed by atoms with Crippen LogP contribution in [0.4, 0.5) is 15.9 Å². The molecule has 0 unspecified atom stereocenters. The standard InChI is InChI=1S/C25H26ClFN6O2S/c26-18-12-16(3-4-19(18)27)31-24-22-17-7-11-33(13-20(17)36-25(22)30-14-29-24)21(34)2-1-8-32-9-5-15(6-10-32)23(28)35/h1-4,12,14-15H,5-11,13H2,(H2,28,35)(H,29,30,31). The average Bonchev–Trinajstić information content (AvgIpc) is 3.25. The summed E-state index contributed by atoms with van der Waals surface area (Å²) < 4.78 is 13.5. The SMILES string of the molecule is NC(=O)C1CCN(CC=CC(=O)N2CCc3c(sc4ncnc(Nc5ccc(F)c(Cl)c5)c34)C2)CC1. The van der Waals surface area contributed by atoms with Crippen molar-refractivity contribution in [2.24, 2.45) is 11.7 Å². The number of thiophene rings is 1. The second-order valence-corrected chi connectivity index (χ2v) is 10.5. The van der Waals surface area contributed by atoms with Crippen LogP contribution in [0.1, 0.15) is 23.3 Å². The Morgan fingerprint density at radius 1 is 1.25 bits per heavy atom. The Hall–Kier alpha value is -3.08. The molecular weight excluding hydrogens is 503 g/mol. The fourth-order valence-corrected chi connectivity index (χ4v) is 6.11. The molecule has 36 heavy (non-hydrogen) atoms. The molecule has 188 valence electrons. The van der Waals surface area contributed by atoms with E-state index >= 15 is 0 Å². The number of nitrogens with two attached hydrogens (primary N) is 1. The lowest BCUT2D eigenvalue weighted by Gasteiger charge is -2.29. The van der Waals surface area contributed by atoms with Crippen molar-refractivity contribution in [1.29, 1.82) is 0 Å². The van der Waals surface area contributed by atoms with Gasteiger partial charge < -0.3 is 16.0 Å². The van der Waals surface area contributed by atoms with E-state index < -0.39 is 5.82 Å². The van der Waals surface area contributed by atoms with Crippen LogP contribution in [-0.2, 0) is 22.6 Å². The largest absolute Gasteiger partial charge is 0.369 e. The van der Waals surface area contributed by atoms with E-state index in [-0.39, 0.29) is 22.8 Å². The molecule has 1 aromatic carbocycles. The van der Waals surface area contributed by atoms with Gasteiger partial charge in [-0.15, -0.1) is 11.3 Å². The Labute approximate surface area is 216 Å². The third-order valence-electron chi connectivity index (χ3n) is 6.74. The highest BCUT2D eigenvalue weighted by atomic mass is 35.5. The van der Waals surface area contributed by atoms with Crippen LogP contribution in [0.2, 0.25) is 5.02 Å². The van der Waals surface area contributed by atoms with Gasteiger partial charge >= 0.3 is 0 Å². The first kappa shape index (κ1) is 24.6. The van der Waals surface area contributed by atoms with Gasteiger partial charge in [-0.3, -0.25) is 14.5 Å². The van der Waals surface area contributed by atoms with E-state index in [1.54, 1.807) is 23.5 Å². The zero-order valence-electron chi connectivity index (χ0n) is 19.5. The number of amides is 2. The van der Waals surface area contributed by atoms with Gasteiger partial charge in [0.15, 0.2) is 0 Å². The monoisotopic (exact) mass is 528 g/mol. The second kappa shape index (κ2) is 10.5. The Morgan fingerprint density at radius 3 is 2.81 bits per heavy atom. The van der Waals surface area contributed by atoms with Crippen molar-refractivity contribution in [3.8, 4) is 0 Å². The highest BCUT2D eigenvalue weighted by Gasteiger charge is 2.26. The summed E-state index contributed by atoms with van der Waals surface area (Å²) in [5.74, 6) is -0.116. The van der Waals surface area contributed by atoms with E-state index in [2.05, 4.69) is 20.2 Å². The first-order valence-electron chi connectivity index (χ1n) is 11.8. The van der Waals surface area contributed by atoms with Crippen molar-refractivity contribution >= 4 is 56.5 Å². The third kappa shape index (κ3) is 5.21. The van der Waals surface area contributed by atoms with Crippen molar-refractivity contribution in [1.82, 2.24) is 19.8 Å². The van der Waals surface area contributed by atoms with Gasteiger partial charge in [0, 0.05) is 35.6 Å². The van der Waals surface area contributed by atoms with Gasteiger partial charge in [-0.1, -0.05) is 17.7 Å². The zero-order chi connectivity index (χ0) is 25.2. The van der Waals surface area contributed by atoms with Crippen molar-refractivity contribution in [3.63, 3.8) is 0 Å². The number of benzene rings is 1. The van der Waals surface area contributed by atoms with Crippen LogP contribution in [0.5, 0.6) is 0 Å². The minimum atomic E-state index is -0.477. The molecule has 0 bridgehead atoms. The van der Waals surface area contributed by atoms with E-state index in [0.717, 1.165) is 46.6 Å². The molecule has 0 spiro atoms. The number of rotatable bonds is 6. The zero-order valence-corrected chi connectivity index (χ0v) is 21.1. The first-order valence-corrected chi connectivity index (χ1v) is 13.0. The topological polar surface area (TPSA) is 104 Å². The number of halogens is 2. The van der Waals surface area contributed by atoms with E-state index in [1.165, 1.54) is 18.5 Å². The summed E-state index contributed by atoms with van der Waals surface area (Å²) in [6, 6.07) is 4.45. The second-order valence-electron chi connectivity index (χ2n) is 9.05. The first-order chi connectivity index (χ1) is 17.4. The maximum atomic E-state index is 13.5. The molecule has 3 N–H and O–H groups in total. The van der Waals surface area contributed by atoms with Gasteiger partial charge in [0.05, 0.1) is 17.0 Å². The lowest BCUT2D eigenvalue weighted by molar-refractivity contribution is -0.126. The molecule has 8 nitrogen and oxygen atoms in total. The molecule has 2 aliphatic rings. The summed E-state index contributed by atoms with van der Waals surface area (Å²) in [4.78, 5) is 39.0. The molecule has 2 aromatic heterocycles. The summed E-state index contributed by atoms with van der Waals surface area (Å²) in [7, 11) is 0. The molecule has 5 rings (SSSR count). The van der Waals surface area contributed by atoms with Crippen LogP contribution in [0, 0.1) is 11.7 Å². The van der Waals surface area contributed by atoms with E-state index in [9.17, 15) is 14.0 Å². The van der Waals surface area contributed by atoms with Gasteiger partial charge in [-0.25, -0.2) is 14.4 Å². The van der Waals surface area contributed by atoms with Crippen LogP contribution in [0.3, 0.4) is 0 Å². The number of piperidine rings is 1. The number of carbonyl (C=O) groups is 2. The fraction of sp³-hybridized carbons (Fsp3) is 0.360. The molecule has 4 heterocycles. The number of nitrogens with zero attached hydrogens (tertiary/aromatic N) is 4. The smallest absolute Gasteiger partial charge is 0.246 e. The van der Waals surface area contributed by atoms with Crippen molar-refractivity contribution in [2.45, 2.75) is 25.8 Å². The maximum Gasteiger partial charge on any atom is 0.246 e. The summed E-state index contributed by atoms with van der Waals surface area (Å²) in [6.45, 7) is 3.41. The number of nitrogens with one attached hydrogen (secondary N) is 1. The third-order valence-corrected chi connectivity index (χ3v) is 8.16. The molecule has 0 atom stereocenters. The number of hydrogen-bond donors (Lipinski definition) is 2. The Bertz CT molecular complexity index is 1340. The van der Waals surface area contributed by atoms with Gasteiger partial charge in [0.2, 0.25) is 11.8 Å². The lowest BCUT2D eigenvalue weighted by Crippen LogP contribution is -2.38. The van der Waals surface area contributed by atoms with E-state index in [0.29, 0.717) is 37.6 Å². The number of aromatic nitrogens is 2. The van der Waals surface area contributed by atoms with Gasteiger partial charge in [0.1, 0.15) is 22.8 Å². The van der Waals surface area contributed by atoms with Crippen LogP contribution >= 0.6 is 22.9 Å². The fourth-order valence-electron chi connectivity index (χ4n) is 4.73. The number of fused-ring (bicyclic) bond motifs is 3. The summed E-state index contributed by atoms with van der Waals surface area (Å²) >= 11 is 7.49. The number of anilines is 2. The highest BCUT2D eigenvalue weighted by molar-refractivity contribution is 7.19. The van der Waals surface area contributed by atoms with Gasteiger partial charge in [0.25, 0.3) is 0 Å². The molecular formula is C25H26ClFN6O2S. The van der Waals surface area contributed by atoms with E-state index in [4.69, 9.17) is 17.3 Å². The van der Waals surface area contributed by atoms with Crippen molar-refractivity contribution in [2.75, 3.05) is 31.5 Å². The quantitative estimate of drug-likeness (QED) is 0.471. The lowest BCUT2D eigenvalue weighted by atomic mass is 9.96. The molecule has 11 heteroatoms. The van der Waals surface area contributed by atoms with Gasteiger partial charge in [-0.05, 0) is 56.1 Å². The Kier molecular flexibility index (Phi) is 7.17. The predicted molar refractivity (Wildman–Crippen MR) is 139 cm³/mol. The molecule has 0 radical (unpaired) electrons. The number of carbonyl (C=O) groups excluding carboxylic acids is 2. The summed E-state index contributed by atoms with van der Waals surface area (Å²) in [6.07, 6.45) is 7.27. The highest BCUT2D eigenvalue weighted by Crippen LogP contribution is 2.38. The Morgan fingerprint density at radius 2 is 2.06 bits per heavy atom. The minimum absolute atomic E-state index is 0.0180. The number of primary amides is 1. The van der Waals surface area contributed by atoms with Crippen LogP contribution in [-0.4, -0.2) is 57.8 Å². The molecule has 2 aliphatic heterocycles. The number of hydrogen-bond acceptors (Lipinski definition) is 7. The van der Waals surface area contributed by atoms with Crippen LogP contribution in [0.25, 0.3) is 10.2 Å². The molecule has 0 aliphatic carbocycles. The average molecular weight is 529 g/mol. The van der Waals surface area contributed by atoms with Crippen LogP contribution in [0.15, 0.2) is 36.7 Å². The van der Waals surface area contributed by atoms with Gasteiger partial charge in [-0.2, -0.15) is 0 Å². The van der Waals surface area contributed by atoms with Crippen molar-refractivity contribution < 1.29 is 14.0 Å². The summed E-state index contributed by atoms with van der Waals surface area (Å²) in [5.41, 5.74) is 7.17. The molecule has 0 saturated carbocycles. The Balaban J connectivity index is 1.24.